The van der Waals surface area contributed by atoms with Crippen LogP contribution in [0.25, 0.3) is 17.4 Å². The van der Waals surface area contributed by atoms with E-state index in [0.717, 1.165) is 28.5 Å². The molecule has 4 nitrogen and oxygen atoms in total. The van der Waals surface area contributed by atoms with Gasteiger partial charge in [0, 0.05) is 11.6 Å². The van der Waals surface area contributed by atoms with Gasteiger partial charge in [0.1, 0.15) is 11.5 Å². The van der Waals surface area contributed by atoms with E-state index in [9.17, 15) is 9.59 Å². The maximum absolute atomic E-state index is 12.9. The van der Waals surface area contributed by atoms with Crippen LogP contribution >= 0.6 is 35.0 Å². The van der Waals surface area contributed by atoms with Crippen molar-refractivity contribution in [1.29, 1.82) is 0 Å². The van der Waals surface area contributed by atoms with Crippen LogP contribution in [0.1, 0.15) is 16.9 Å². The van der Waals surface area contributed by atoms with Crippen LogP contribution in [-0.2, 0) is 4.79 Å². The molecule has 0 unspecified atom stereocenters. The average molecular weight is 444 g/mol. The normalized spacial score (nSPS) is 15.6. The summed E-state index contributed by atoms with van der Waals surface area (Å²) in [5, 5.41) is 0.560. The van der Waals surface area contributed by atoms with Gasteiger partial charge in [-0.05, 0) is 73.1 Å². The van der Waals surface area contributed by atoms with Crippen molar-refractivity contribution in [3.63, 3.8) is 0 Å². The van der Waals surface area contributed by atoms with Crippen molar-refractivity contribution in [2.75, 3.05) is 4.90 Å². The van der Waals surface area contributed by atoms with Gasteiger partial charge in [-0.1, -0.05) is 35.3 Å². The fraction of sp³-hybridized carbons (Fsp3) is 0.0909. The molecule has 0 bridgehead atoms. The Morgan fingerprint density at radius 3 is 2.55 bits per heavy atom. The molecular weight excluding hydrogens is 429 g/mol. The fourth-order valence-corrected chi connectivity index (χ4v) is 4.13. The van der Waals surface area contributed by atoms with E-state index >= 15 is 0 Å². The molecule has 0 spiro atoms. The molecule has 0 atom stereocenters. The minimum atomic E-state index is -0.360. The molecule has 146 valence electrons. The minimum Gasteiger partial charge on any atom is -0.457 e. The molecule has 7 heteroatoms. The number of benzene rings is 2. The number of furan rings is 1. The van der Waals surface area contributed by atoms with Crippen molar-refractivity contribution in [1.82, 2.24) is 0 Å². The van der Waals surface area contributed by atoms with Crippen molar-refractivity contribution < 1.29 is 14.0 Å². The van der Waals surface area contributed by atoms with Crippen molar-refractivity contribution in [2.24, 2.45) is 0 Å². The minimum absolute atomic E-state index is 0.311. The highest BCUT2D eigenvalue weighted by Crippen LogP contribution is 2.38. The number of aryl methyl sites for hydroxylation is 1. The van der Waals surface area contributed by atoms with E-state index in [1.54, 1.807) is 42.5 Å². The Morgan fingerprint density at radius 1 is 1.00 bits per heavy atom. The van der Waals surface area contributed by atoms with Gasteiger partial charge in [-0.15, -0.1) is 0 Å². The third-order valence-electron chi connectivity index (χ3n) is 4.71. The van der Waals surface area contributed by atoms with E-state index < -0.39 is 0 Å². The Balaban J connectivity index is 1.63. The van der Waals surface area contributed by atoms with Gasteiger partial charge in [-0.2, -0.15) is 0 Å². The summed E-state index contributed by atoms with van der Waals surface area (Å²) in [5.41, 5.74) is 3.29. The first-order valence-electron chi connectivity index (χ1n) is 8.74. The molecule has 29 heavy (non-hydrogen) atoms. The maximum Gasteiger partial charge on any atom is 0.298 e. The molecule has 0 saturated carbocycles. The lowest BCUT2D eigenvalue weighted by Gasteiger charge is -2.16. The quantitative estimate of drug-likeness (QED) is 0.404. The van der Waals surface area contributed by atoms with Gasteiger partial charge >= 0.3 is 0 Å². The lowest BCUT2D eigenvalue weighted by Crippen LogP contribution is -2.28. The van der Waals surface area contributed by atoms with Crippen molar-refractivity contribution >= 4 is 57.9 Å². The molecule has 2 amide bonds. The lowest BCUT2D eigenvalue weighted by atomic mass is 10.1. The lowest BCUT2D eigenvalue weighted by molar-refractivity contribution is -0.113. The number of hydrogen-bond donors (Lipinski definition) is 0. The van der Waals surface area contributed by atoms with Crippen LogP contribution in [0.2, 0.25) is 10.0 Å². The molecule has 2 heterocycles. The maximum atomic E-state index is 12.9. The van der Waals surface area contributed by atoms with E-state index in [1.165, 1.54) is 4.90 Å². The largest absolute Gasteiger partial charge is 0.457 e. The van der Waals surface area contributed by atoms with Gasteiger partial charge in [0.05, 0.1) is 20.6 Å². The van der Waals surface area contributed by atoms with Crippen LogP contribution in [-0.4, -0.2) is 11.1 Å². The monoisotopic (exact) mass is 443 g/mol. The molecule has 0 radical (unpaired) electrons. The van der Waals surface area contributed by atoms with Crippen LogP contribution in [0.3, 0.4) is 0 Å². The van der Waals surface area contributed by atoms with E-state index in [-0.39, 0.29) is 11.1 Å². The summed E-state index contributed by atoms with van der Waals surface area (Å²) in [4.78, 5) is 26.9. The summed E-state index contributed by atoms with van der Waals surface area (Å²) in [6, 6.07) is 14.3. The smallest absolute Gasteiger partial charge is 0.298 e. The van der Waals surface area contributed by atoms with Crippen molar-refractivity contribution in [3.8, 4) is 11.3 Å². The Labute approximate surface area is 182 Å². The summed E-state index contributed by atoms with van der Waals surface area (Å²) >= 11 is 12.9. The standard InChI is InChI=1S/C22H15Cl2NO3S/c1-12-4-3-5-18(13(12)2)25-21(26)20(29-22(25)27)11-15-7-9-19(28-15)14-6-8-16(23)17(24)10-14/h3-11H,1-2H3/b20-11+. The third kappa shape index (κ3) is 3.73. The van der Waals surface area contributed by atoms with Crippen molar-refractivity contribution in [3.05, 3.63) is 80.4 Å². The molecule has 4 rings (SSSR count). The van der Waals surface area contributed by atoms with E-state index in [1.807, 2.05) is 26.0 Å². The van der Waals surface area contributed by atoms with E-state index in [4.69, 9.17) is 27.6 Å². The van der Waals surface area contributed by atoms with Crippen LogP contribution in [0.4, 0.5) is 10.5 Å². The zero-order valence-electron chi connectivity index (χ0n) is 15.5. The Bertz CT molecular complexity index is 1180. The highest BCUT2D eigenvalue weighted by Gasteiger charge is 2.37. The Kier molecular flexibility index (Phi) is 5.30. The third-order valence-corrected chi connectivity index (χ3v) is 6.32. The molecule has 1 fully saturated rings. The molecule has 1 aromatic heterocycles. The average Bonchev–Trinajstić information content (AvgIpc) is 3.25. The number of halogens is 2. The zero-order chi connectivity index (χ0) is 20.7. The summed E-state index contributed by atoms with van der Waals surface area (Å²) in [6.45, 7) is 3.84. The van der Waals surface area contributed by atoms with Gasteiger partial charge in [0.2, 0.25) is 0 Å². The fourth-order valence-electron chi connectivity index (χ4n) is 3.02. The first-order valence-corrected chi connectivity index (χ1v) is 10.3. The molecule has 3 aromatic rings. The number of nitrogens with zero attached hydrogens (tertiary/aromatic N) is 1. The number of carbonyl (C=O) groups is 2. The number of anilines is 1. The van der Waals surface area contributed by atoms with Crippen LogP contribution in [0, 0.1) is 13.8 Å². The van der Waals surface area contributed by atoms with Crippen LogP contribution in [0.5, 0.6) is 0 Å². The highest BCUT2D eigenvalue weighted by molar-refractivity contribution is 8.19. The first-order chi connectivity index (χ1) is 13.8. The number of imide groups is 1. The first kappa shape index (κ1) is 19.8. The molecule has 0 aliphatic carbocycles. The second-order valence-electron chi connectivity index (χ2n) is 6.57. The summed E-state index contributed by atoms with van der Waals surface area (Å²) in [5.74, 6) is 0.697. The number of amides is 2. The van der Waals surface area contributed by atoms with Gasteiger partial charge < -0.3 is 4.42 Å². The van der Waals surface area contributed by atoms with Crippen LogP contribution in [0.15, 0.2) is 57.9 Å². The van der Waals surface area contributed by atoms with Gasteiger partial charge in [0.15, 0.2) is 0 Å². The Hall–Kier alpha value is -2.47. The van der Waals surface area contributed by atoms with Gasteiger partial charge in [-0.3, -0.25) is 9.59 Å². The van der Waals surface area contributed by atoms with E-state index in [0.29, 0.717) is 32.2 Å². The summed E-state index contributed by atoms with van der Waals surface area (Å²) < 4.78 is 5.82. The number of rotatable bonds is 3. The summed E-state index contributed by atoms with van der Waals surface area (Å²) in [7, 11) is 0. The molecule has 1 saturated heterocycles. The number of carbonyl (C=O) groups excluding carboxylic acids is 2. The second-order valence-corrected chi connectivity index (χ2v) is 8.37. The predicted molar refractivity (Wildman–Crippen MR) is 119 cm³/mol. The SMILES string of the molecule is Cc1cccc(N2C(=O)S/C(=C/c3ccc(-c4ccc(Cl)c(Cl)c4)o3)C2=O)c1C. The topological polar surface area (TPSA) is 50.5 Å². The summed E-state index contributed by atoms with van der Waals surface area (Å²) in [6.07, 6.45) is 1.58. The Morgan fingerprint density at radius 2 is 1.79 bits per heavy atom. The number of hydrogen-bond acceptors (Lipinski definition) is 4. The van der Waals surface area contributed by atoms with Gasteiger partial charge in [0.25, 0.3) is 11.1 Å². The zero-order valence-corrected chi connectivity index (χ0v) is 17.9. The predicted octanol–water partition coefficient (Wildman–Crippen LogP) is 7.11. The van der Waals surface area contributed by atoms with Crippen LogP contribution < -0.4 is 4.90 Å². The highest BCUT2D eigenvalue weighted by atomic mass is 35.5. The molecule has 1 aliphatic heterocycles. The second kappa shape index (κ2) is 7.75. The number of thioether (sulfide) groups is 1. The van der Waals surface area contributed by atoms with Crippen molar-refractivity contribution in [2.45, 2.75) is 13.8 Å². The van der Waals surface area contributed by atoms with E-state index in [2.05, 4.69) is 0 Å². The molecular formula is C22H15Cl2NO3S. The molecule has 2 aromatic carbocycles. The molecule has 0 N–H and O–H groups in total. The van der Waals surface area contributed by atoms with Gasteiger partial charge in [-0.25, -0.2) is 4.90 Å². The molecule has 1 aliphatic rings.